The lowest BCUT2D eigenvalue weighted by molar-refractivity contribution is -0.0143. The number of hydrogen-bond acceptors (Lipinski definition) is 8. The number of aromatic hydroxyl groups is 1. The number of methoxy groups -OCH3 is 4. The van der Waals surface area contributed by atoms with Crippen molar-refractivity contribution in [2.24, 2.45) is 0 Å². The first-order valence-corrected chi connectivity index (χ1v) is 11.2. The Morgan fingerprint density at radius 2 is 1.37 bits per heavy atom. The summed E-state index contributed by atoms with van der Waals surface area (Å²) in [5.41, 5.74) is 2.83. The van der Waals surface area contributed by atoms with Crippen molar-refractivity contribution < 1.29 is 38.6 Å². The molecule has 0 fully saturated rings. The topological polar surface area (TPSA) is 95.8 Å². The molecule has 0 aliphatic carbocycles. The molecule has 1 aliphatic rings. The highest BCUT2D eigenvalue weighted by atomic mass is 16.6. The van der Waals surface area contributed by atoms with Gasteiger partial charge in [0.2, 0.25) is 11.5 Å². The smallest absolute Gasteiger partial charge is 0.204 e. The van der Waals surface area contributed by atoms with Gasteiger partial charge in [-0.2, -0.15) is 0 Å². The number of fused-ring (bicyclic) bond motifs is 1. The summed E-state index contributed by atoms with van der Waals surface area (Å²) in [6.45, 7) is -0.294. The Morgan fingerprint density at radius 1 is 0.743 bits per heavy atom. The lowest BCUT2D eigenvalue weighted by Crippen LogP contribution is -2.36. The fraction of sp³-hybridized carbons (Fsp3) is 0.333. The molecule has 2 atom stereocenters. The monoisotopic (exact) mass is 482 g/mol. The second-order valence-electron chi connectivity index (χ2n) is 8.12. The number of phenolic OH excluding ortho intramolecular Hbond substituents is 1. The van der Waals surface area contributed by atoms with Gasteiger partial charge in [0.1, 0.15) is 5.75 Å². The average molecular weight is 483 g/mol. The van der Waals surface area contributed by atoms with E-state index in [0.29, 0.717) is 22.8 Å². The molecule has 0 saturated carbocycles. The molecule has 0 saturated heterocycles. The van der Waals surface area contributed by atoms with Crippen LogP contribution in [0.25, 0.3) is 0 Å². The van der Waals surface area contributed by atoms with E-state index < -0.39 is 12.2 Å². The SMILES string of the molecule is COc1ccc(CCc2cc(OC)c3c(c2)OC(c2cc(OC)c(O)c(OC)c2)C(CO)O3)cc1. The van der Waals surface area contributed by atoms with Crippen LogP contribution in [-0.2, 0) is 12.8 Å². The molecule has 8 heteroatoms. The van der Waals surface area contributed by atoms with Gasteiger partial charge in [0, 0.05) is 5.56 Å². The number of aliphatic hydroxyl groups is 1. The number of aliphatic hydroxyl groups excluding tert-OH is 1. The number of ether oxygens (including phenoxy) is 6. The average Bonchev–Trinajstić information content (AvgIpc) is 2.91. The number of aryl methyl sites for hydroxylation is 2. The van der Waals surface area contributed by atoms with E-state index in [1.54, 1.807) is 26.4 Å². The highest BCUT2D eigenvalue weighted by Crippen LogP contribution is 2.48. The summed E-state index contributed by atoms with van der Waals surface area (Å²) in [5.74, 6) is 2.65. The second kappa shape index (κ2) is 10.7. The normalized spacial score (nSPS) is 16.5. The summed E-state index contributed by atoms with van der Waals surface area (Å²) in [5, 5.41) is 20.3. The lowest BCUT2D eigenvalue weighted by Gasteiger charge is -2.34. The Hall–Kier alpha value is -3.78. The van der Waals surface area contributed by atoms with E-state index in [9.17, 15) is 10.2 Å². The molecule has 0 aromatic heterocycles. The molecule has 8 nitrogen and oxygen atoms in total. The number of benzene rings is 3. The minimum atomic E-state index is -0.708. The Labute approximate surface area is 204 Å². The van der Waals surface area contributed by atoms with Crippen LogP contribution in [0.1, 0.15) is 22.8 Å². The van der Waals surface area contributed by atoms with Crippen molar-refractivity contribution in [3.05, 3.63) is 65.2 Å². The number of phenols is 1. The van der Waals surface area contributed by atoms with Crippen molar-refractivity contribution in [1.29, 1.82) is 0 Å². The first kappa shape index (κ1) is 24.3. The van der Waals surface area contributed by atoms with Gasteiger partial charge in [-0.25, -0.2) is 0 Å². The van der Waals surface area contributed by atoms with E-state index in [2.05, 4.69) is 0 Å². The van der Waals surface area contributed by atoms with E-state index in [1.807, 2.05) is 36.4 Å². The highest BCUT2D eigenvalue weighted by molar-refractivity contribution is 5.57. The second-order valence-corrected chi connectivity index (χ2v) is 8.12. The van der Waals surface area contributed by atoms with Crippen LogP contribution >= 0.6 is 0 Å². The molecule has 4 rings (SSSR count). The molecular weight excluding hydrogens is 452 g/mol. The van der Waals surface area contributed by atoms with E-state index in [-0.39, 0.29) is 23.9 Å². The van der Waals surface area contributed by atoms with Gasteiger partial charge in [-0.1, -0.05) is 12.1 Å². The van der Waals surface area contributed by atoms with Crippen LogP contribution in [-0.4, -0.2) is 51.4 Å². The van der Waals surface area contributed by atoms with Crippen molar-refractivity contribution in [2.45, 2.75) is 25.0 Å². The zero-order chi connectivity index (χ0) is 24.9. The largest absolute Gasteiger partial charge is 0.502 e. The van der Waals surface area contributed by atoms with Crippen molar-refractivity contribution in [3.8, 4) is 40.2 Å². The van der Waals surface area contributed by atoms with Crippen LogP contribution in [0, 0.1) is 0 Å². The molecule has 0 radical (unpaired) electrons. The number of rotatable bonds is 9. The quantitative estimate of drug-likeness (QED) is 0.471. The van der Waals surface area contributed by atoms with Gasteiger partial charge in [0.15, 0.2) is 35.2 Å². The molecule has 0 spiro atoms. The Bertz CT molecular complexity index is 1130. The lowest BCUT2D eigenvalue weighted by atomic mass is 10.00. The third-order valence-electron chi connectivity index (χ3n) is 6.03. The molecule has 35 heavy (non-hydrogen) atoms. The van der Waals surface area contributed by atoms with Gasteiger partial charge in [-0.15, -0.1) is 0 Å². The van der Waals surface area contributed by atoms with Crippen LogP contribution in [0.2, 0.25) is 0 Å². The molecule has 186 valence electrons. The predicted molar refractivity (Wildman–Crippen MR) is 129 cm³/mol. The fourth-order valence-corrected chi connectivity index (χ4v) is 4.13. The van der Waals surface area contributed by atoms with Crippen molar-refractivity contribution in [2.75, 3.05) is 35.0 Å². The molecule has 1 aliphatic heterocycles. The van der Waals surface area contributed by atoms with Crippen LogP contribution in [0.3, 0.4) is 0 Å². The zero-order valence-electron chi connectivity index (χ0n) is 20.2. The first-order valence-electron chi connectivity index (χ1n) is 11.2. The van der Waals surface area contributed by atoms with Crippen molar-refractivity contribution in [3.63, 3.8) is 0 Å². The molecule has 2 N–H and O–H groups in total. The predicted octanol–water partition coefficient (Wildman–Crippen LogP) is 4.09. The summed E-state index contributed by atoms with van der Waals surface area (Å²) in [7, 11) is 6.13. The molecule has 3 aromatic rings. The van der Waals surface area contributed by atoms with E-state index in [4.69, 9.17) is 28.4 Å². The van der Waals surface area contributed by atoms with Crippen molar-refractivity contribution >= 4 is 0 Å². The maximum Gasteiger partial charge on any atom is 0.204 e. The number of hydrogen-bond donors (Lipinski definition) is 2. The minimum absolute atomic E-state index is 0.112. The van der Waals surface area contributed by atoms with E-state index >= 15 is 0 Å². The molecule has 1 heterocycles. The van der Waals surface area contributed by atoms with E-state index in [1.165, 1.54) is 19.8 Å². The van der Waals surface area contributed by atoms with Gasteiger partial charge < -0.3 is 38.6 Å². The Kier molecular flexibility index (Phi) is 7.41. The Balaban J connectivity index is 1.64. The molecule has 0 amide bonds. The maximum atomic E-state index is 10.3. The third kappa shape index (κ3) is 5.02. The molecular formula is C27H30O8. The van der Waals surface area contributed by atoms with Gasteiger partial charge in [-0.3, -0.25) is 0 Å². The fourth-order valence-electron chi connectivity index (χ4n) is 4.13. The van der Waals surface area contributed by atoms with Crippen LogP contribution in [0.15, 0.2) is 48.5 Å². The standard InChI is InChI=1S/C27H30O8/c1-30-19-9-7-16(8-10-19)5-6-17-11-22(33-4)27-23(12-17)34-26(24(15-28)35-27)18-13-20(31-2)25(29)21(14-18)32-3/h7-14,24,26,28-29H,5-6,15H2,1-4H3. The summed E-state index contributed by atoms with van der Waals surface area (Å²) in [6, 6.07) is 15.1. The van der Waals surface area contributed by atoms with E-state index in [0.717, 1.165) is 24.2 Å². The molecule has 3 aromatic carbocycles. The maximum absolute atomic E-state index is 10.3. The zero-order valence-corrected chi connectivity index (χ0v) is 20.2. The summed E-state index contributed by atoms with van der Waals surface area (Å²) < 4.78 is 33.9. The van der Waals surface area contributed by atoms with Gasteiger partial charge in [-0.05, 0) is 60.4 Å². The summed E-state index contributed by atoms with van der Waals surface area (Å²) in [6.07, 6.45) is 0.203. The summed E-state index contributed by atoms with van der Waals surface area (Å²) in [4.78, 5) is 0. The van der Waals surface area contributed by atoms with Gasteiger partial charge >= 0.3 is 0 Å². The van der Waals surface area contributed by atoms with Gasteiger partial charge in [0.05, 0.1) is 35.0 Å². The van der Waals surface area contributed by atoms with Gasteiger partial charge in [0.25, 0.3) is 0 Å². The molecule has 2 unspecified atom stereocenters. The van der Waals surface area contributed by atoms with Crippen LogP contribution in [0.5, 0.6) is 40.2 Å². The summed E-state index contributed by atoms with van der Waals surface area (Å²) >= 11 is 0. The first-order chi connectivity index (χ1) is 17.0. The highest BCUT2D eigenvalue weighted by Gasteiger charge is 2.36. The third-order valence-corrected chi connectivity index (χ3v) is 6.03. The minimum Gasteiger partial charge on any atom is -0.502 e. The molecule has 0 bridgehead atoms. The Morgan fingerprint density at radius 3 is 1.94 bits per heavy atom. The van der Waals surface area contributed by atoms with Crippen LogP contribution < -0.4 is 28.4 Å². The van der Waals surface area contributed by atoms with Crippen molar-refractivity contribution in [1.82, 2.24) is 0 Å². The van der Waals surface area contributed by atoms with Crippen LogP contribution in [0.4, 0.5) is 0 Å².